The van der Waals surface area contributed by atoms with Crippen LogP contribution in [0.3, 0.4) is 0 Å². The molecule has 0 atom stereocenters. The van der Waals surface area contributed by atoms with Gasteiger partial charge in [0.15, 0.2) is 5.96 Å². The van der Waals surface area contributed by atoms with Crippen molar-refractivity contribution >= 4 is 46.7 Å². The number of esters is 2. The van der Waals surface area contributed by atoms with Gasteiger partial charge in [-0.05, 0) is 41.3 Å². The molecule has 3 aromatic carbocycles. The molecule has 0 saturated carbocycles. The SMILES string of the molecule is N=C(NCC(=O)OCc1ccccc1)N(CCCN(C(=O)Cl)N1C(=O)c2ccccc2C1=O)CC(=O)OCc1ccccc1. The van der Waals surface area contributed by atoms with E-state index in [1.807, 2.05) is 48.5 Å². The van der Waals surface area contributed by atoms with Crippen LogP contribution in [0.2, 0.25) is 0 Å². The number of benzene rings is 3. The van der Waals surface area contributed by atoms with Gasteiger partial charge >= 0.3 is 17.3 Å². The lowest BCUT2D eigenvalue weighted by Gasteiger charge is -2.29. The van der Waals surface area contributed by atoms with Crippen LogP contribution in [0.5, 0.6) is 0 Å². The van der Waals surface area contributed by atoms with Crippen molar-refractivity contribution in [2.75, 3.05) is 26.2 Å². The first-order valence-electron chi connectivity index (χ1n) is 13.7. The summed E-state index contributed by atoms with van der Waals surface area (Å²) in [6.07, 6.45) is 0.0837. The van der Waals surface area contributed by atoms with Crippen molar-refractivity contribution in [3.63, 3.8) is 0 Å². The van der Waals surface area contributed by atoms with Crippen LogP contribution in [0, 0.1) is 5.41 Å². The Morgan fingerprint density at radius 2 is 1.25 bits per heavy atom. The van der Waals surface area contributed by atoms with E-state index < -0.39 is 29.1 Å². The number of hydrogen-bond acceptors (Lipinski definition) is 8. The molecule has 0 aromatic heterocycles. The molecule has 0 radical (unpaired) electrons. The molecule has 228 valence electrons. The zero-order valence-electron chi connectivity index (χ0n) is 23.6. The molecule has 0 fully saturated rings. The van der Waals surface area contributed by atoms with Crippen molar-refractivity contribution in [1.29, 1.82) is 5.41 Å². The Morgan fingerprint density at radius 1 is 0.750 bits per heavy atom. The molecule has 0 unspecified atom stereocenters. The second-order valence-corrected chi connectivity index (χ2v) is 9.94. The minimum absolute atomic E-state index is 0.00479. The first-order chi connectivity index (χ1) is 21.2. The maximum absolute atomic E-state index is 12.9. The summed E-state index contributed by atoms with van der Waals surface area (Å²) in [6.45, 7) is -0.814. The average Bonchev–Trinajstić information content (AvgIpc) is 3.29. The van der Waals surface area contributed by atoms with Crippen LogP contribution in [0.15, 0.2) is 84.9 Å². The van der Waals surface area contributed by atoms with E-state index in [-0.39, 0.29) is 62.9 Å². The summed E-state index contributed by atoms with van der Waals surface area (Å²) >= 11 is 5.76. The highest BCUT2D eigenvalue weighted by Gasteiger charge is 2.40. The van der Waals surface area contributed by atoms with E-state index in [9.17, 15) is 24.0 Å². The Kier molecular flexibility index (Phi) is 11.0. The summed E-state index contributed by atoms with van der Waals surface area (Å²) in [4.78, 5) is 64.3. The first kappa shape index (κ1) is 31.7. The Balaban J connectivity index is 1.36. The highest BCUT2D eigenvalue weighted by Crippen LogP contribution is 2.25. The van der Waals surface area contributed by atoms with E-state index in [2.05, 4.69) is 5.32 Å². The number of fused-ring (bicyclic) bond motifs is 1. The Labute approximate surface area is 258 Å². The number of nitrogens with one attached hydrogen (secondary N) is 2. The van der Waals surface area contributed by atoms with Gasteiger partial charge in [0.25, 0.3) is 11.8 Å². The van der Waals surface area contributed by atoms with Gasteiger partial charge in [-0.25, -0.2) is 5.01 Å². The van der Waals surface area contributed by atoms with Crippen molar-refractivity contribution in [2.45, 2.75) is 19.6 Å². The Hall–Kier alpha value is -5.23. The number of amides is 3. The van der Waals surface area contributed by atoms with Gasteiger partial charge < -0.3 is 19.7 Å². The van der Waals surface area contributed by atoms with Crippen LogP contribution in [0.1, 0.15) is 38.3 Å². The van der Waals surface area contributed by atoms with Gasteiger partial charge in [0.1, 0.15) is 26.3 Å². The molecule has 0 saturated heterocycles. The fourth-order valence-electron chi connectivity index (χ4n) is 4.34. The molecule has 0 bridgehead atoms. The lowest BCUT2D eigenvalue weighted by Crippen LogP contribution is -2.50. The highest BCUT2D eigenvalue weighted by atomic mass is 35.5. The van der Waals surface area contributed by atoms with Crippen LogP contribution in [-0.2, 0) is 32.3 Å². The largest absolute Gasteiger partial charge is 0.460 e. The normalized spacial score (nSPS) is 11.9. The molecule has 3 aromatic rings. The summed E-state index contributed by atoms with van der Waals surface area (Å²) in [5.41, 5.74) is 1.87. The van der Waals surface area contributed by atoms with E-state index in [0.29, 0.717) is 5.01 Å². The highest BCUT2D eigenvalue weighted by molar-refractivity contribution is 6.63. The van der Waals surface area contributed by atoms with Gasteiger partial charge in [0.05, 0.1) is 11.1 Å². The van der Waals surface area contributed by atoms with Gasteiger partial charge in [0, 0.05) is 13.1 Å². The number of nitrogens with zero attached hydrogens (tertiary/aromatic N) is 3. The summed E-state index contributed by atoms with van der Waals surface area (Å²) in [6, 6.07) is 24.3. The van der Waals surface area contributed by atoms with Gasteiger partial charge in [-0.2, -0.15) is 5.01 Å². The minimum Gasteiger partial charge on any atom is -0.460 e. The van der Waals surface area contributed by atoms with Crippen molar-refractivity contribution < 1.29 is 33.4 Å². The number of imide groups is 1. The molecule has 1 aliphatic heterocycles. The van der Waals surface area contributed by atoms with E-state index in [0.717, 1.165) is 16.1 Å². The van der Waals surface area contributed by atoms with Crippen LogP contribution >= 0.6 is 11.6 Å². The monoisotopic (exact) mass is 619 g/mol. The van der Waals surface area contributed by atoms with Crippen molar-refractivity contribution in [2.24, 2.45) is 0 Å². The van der Waals surface area contributed by atoms with Gasteiger partial charge in [-0.1, -0.05) is 72.8 Å². The number of ether oxygens (including phenoxy) is 2. The fraction of sp³-hybridized carbons (Fsp3) is 0.226. The first-order valence-corrected chi connectivity index (χ1v) is 14.0. The number of rotatable bonds is 13. The molecule has 1 aliphatic rings. The van der Waals surface area contributed by atoms with Gasteiger partial charge in [0.2, 0.25) is 0 Å². The summed E-state index contributed by atoms with van der Waals surface area (Å²) in [7, 11) is 0. The molecular formula is C31H30ClN5O7. The van der Waals surface area contributed by atoms with Crippen molar-refractivity contribution in [3.05, 3.63) is 107 Å². The molecule has 0 spiro atoms. The number of hydrazine groups is 1. The van der Waals surface area contributed by atoms with Crippen LogP contribution in [0.4, 0.5) is 4.79 Å². The Morgan fingerprint density at radius 3 is 1.77 bits per heavy atom. The third-order valence-corrected chi connectivity index (χ3v) is 6.73. The van der Waals surface area contributed by atoms with Crippen molar-refractivity contribution in [3.8, 4) is 0 Å². The van der Waals surface area contributed by atoms with E-state index in [4.69, 9.17) is 26.5 Å². The van der Waals surface area contributed by atoms with E-state index >= 15 is 0 Å². The second-order valence-electron chi connectivity index (χ2n) is 9.61. The van der Waals surface area contributed by atoms with Crippen LogP contribution in [0.25, 0.3) is 0 Å². The Bertz CT molecular complexity index is 1490. The topological polar surface area (TPSA) is 149 Å². The average molecular weight is 620 g/mol. The number of guanidine groups is 1. The smallest absolute Gasteiger partial charge is 0.335 e. The zero-order chi connectivity index (χ0) is 31.5. The number of hydrogen-bond donors (Lipinski definition) is 2. The molecule has 1 heterocycles. The standard InChI is InChI=1S/C31H30ClN5O7/c32-30(42)36(37-28(40)24-14-7-8-15-25(24)29(37)41)17-9-16-35(19-27(39)44-21-23-12-5-2-6-13-23)31(33)34-18-26(38)43-20-22-10-3-1-4-11-22/h1-8,10-15H,9,16-21H2,(H2,33,34). The molecule has 4 rings (SSSR count). The molecule has 2 N–H and O–H groups in total. The molecular weight excluding hydrogens is 590 g/mol. The van der Waals surface area contributed by atoms with Crippen LogP contribution in [-0.4, -0.2) is 76.2 Å². The number of carbonyl (C=O) groups excluding carboxylic acids is 5. The van der Waals surface area contributed by atoms with Gasteiger partial charge in [-0.15, -0.1) is 0 Å². The maximum Gasteiger partial charge on any atom is 0.335 e. The second kappa shape index (κ2) is 15.3. The predicted octanol–water partition coefficient (Wildman–Crippen LogP) is 3.56. The molecule has 44 heavy (non-hydrogen) atoms. The van der Waals surface area contributed by atoms with Crippen molar-refractivity contribution in [1.82, 2.24) is 20.2 Å². The summed E-state index contributed by atoms with van der Waals surface area (Å²) < 4.78 is 10.6. The lowest BCUT2D eigenvalue weighted by molar-refractivity contribution is -0.145. The molecule has 3 amide bonds. The van der Waals surface area contributed by atoms with E-state index in [1.165, 1.54) is 17.0 Å². The summed E-state index contributed by atoms with van der Waals surface area (Å²) in [5, 5.41) is 11.6. The maximum atomic E-state index is 12.9. The van der Waals surface area contributed by atoms with Crippen LogP contribution < -0.4 is 5.32 Å². The number of carbonyl (C=O) groups is 5. The molecule has 12 nitrogen and oxygen atoms in total. The fourth-order valence-corrected chi connectivity index (χ4v) is 4.50. The zero-order valence-corrected chi connectivity index (χ0v) is 24.4. The third kappa shape index (κ3) is 8.42. The molecule has 0 aliphatic carbocycles. The number of halogens is 1. The van der Waals surface area contributed by atoms with Gasteiger partial charge in [-0.3, -0.25) is 29.4 Å². The quantitative estimate of drug-likeness (QED) is 0.0731. The lowest BCUT2D eigenvalue weighted by atomic mass is 10.1. The molecule has 13 heteroatoms. The predicted molar refractivity (Wildman–Crippen MR) is 159 cm³/mol. The third-order valence-electron chi connectivity index (χ3n) is 6.54. The summed E-state index contributed by atoms with van der Waals surface area (Å²) in [5.74, 6) is -2.91. The van der Waals surface area contributed by atoms with E-state index in [1.54, 1.807) is 24.3 Å². The minimum atomic E-state index is -1.05.